The second kappa shape index (κ2) is 6.81. The minimum atomic E-state index is 0.0474. The molecule has 2 aromatic rings. The summed E-state index contributed by atoms with van der Waals surface area (Å²) in [5, 5.41) is 8.70. The number of nitrogens with zero attached hydrogens (tertiary/aromatic N) is 4. The molecule has 1 aromatic carbocycles. The Hall–Kier alpha value is -2.05. The minimum absolute atomic E-state index is 0.0474. The molecule has 1 aliphatic heterocycles. The van der Waals surface area contributed by atoms with Crippen molar-refractivity contribution in [1.82, 2.24) is 19.9 Å². The summed E-state index contributed by atoms with van der Waals surface area (Å²) in [6.45, 7) is 5.86. The van der Waals surface area contributed by atoms with Crippen LogP contribution < -0.4 is 0 Å². The largest absolute Gasteiger partial charge is 0.379 e. The maximum absolute atomic E-state index is 12.4. The molecule has 0 atom stereocenters. The lowest BCUT2D eigenvalue weighted by atomic mass is 10.2. The lowest BCUT2D eigenvalue weighted by molar-refractivity contribution is 0.0369. The first-order chi connectivity index (χ1) is 10.7. The highest BCUT2D eigenvalue weighted by atomic mass is 16.5. The molecule has 6 heteroatoms. The first-order valence-electron chi connectivity index (χ1n) is 7.57. The van der Waals surface area contributed by atoms with E-state index in [1.165, 1.54) is 4.80 Å². The summed E-state index contributed by atoms with van der Waals surface area (Å²) in [6, 6.07) is 9.62. The molecule has 1 saturated heterocycles. The number of hydrogen-bond acceptors (Lipinski definition) is 5. The van der Waals surface area contributed by atoms with E-state index in [0.717, 1.165) is 38.5 Å². The van der Waals surface area contributed by atoms with Crippen molar-refractivity contribution >= 4 is 5.78 Å². The monoisotopic (exact) mass is 300 g/mol. The Labute approximate surface area is 129 Å². The van der Waals surface area contributed by atoms with Crippen LogP contribution in [-0.4, -0.2) is 58.5 Å². The Bertz CT molecular complexity index is 633. The summed E-state index contributed by atoms with van der Waals surface area (Å²) in [5.41, 5.74) is 2.01. The van der Waals surface area contributed by atoms with Crippen molar-refractivity contribution < 1.29 is 9.53 Å². The van der Waals surface area contributed by atoms with E-state index in [4.69, 9.17) is 4.74 Å². The van der Waals surface area contributed by atoms with Crippen LogP contribution in [-0.2, 0) is 4.74 Å². The van der Waals surface area contributed by atoms with Crippen molar-refractivity contribution in [2.75, 3.05) is 32.8 Å². The maximum atomic E-state index is 12.4. The van der Waals surface area contributed by atoms with Gasteiger partial charge in [-0.15, -0.1) is 5.10 Å². The summed E-state index contributed by atoms with van der Waals surface area (Å²) < 4.78 is 5.31. The van der Waals surface area contributed by atoms with Crippen LogP contribution in [0.3, 0.4) is 0 Å². The van der Waals surface area contributed by atoms with E-state index in [0.29, 0.717) is 17.8 Å². The predicted octanol–water partition coefficient (Wildman–Crippen LogP) is 1.48. The molecule has 0 unspecified atom stereocenters. The van der Waals surface area contributed by atoms with E-state index < -0.39 is 0 Å². The lowest BCUT2D eigenvalue weighted by Gasteiger charge is -2.25. The fourth-order valence-corrected chi connectivity index (χ4v) is 2.52. The third-order valence-electron chi connectivity index (χ3n) is 3.79. The van der Waals surface area contributed by atoms with Crippen LogP contribution >= 0.6 is 0 Å². The molecule has 1 aliphatic rings. The number of aryl methyl sites for hydroxylation is 1. The molecular formula is C16H20N4O2. The van der Waals surface area contributed by atoms with Crippen molar-refractivity contribution in [3.63, 3.8) is 0 Å². The summed E-state index contributed by atoms with van der Waals surface area (Å²) in [5.74, 6) is 0.0474. The van der Waals surface area contributed by atoms with Crippen molar-refractivity contribution in [1.29, 1.82) is 0 Å². The Morgan fingerprint density at radius 1 is 1.18 bits per heavy atom. The standard InChI is InChI=1S/C16H20N4O2/c1-13-16(15(21)7-8-19-9-11-22-12-10-19)18-20(17-13)14-5-3-2-4-6-14/h2-6H,7-12H2,1H3. The van der Waals surface area contributed by atoms with Crippen LogP contribution in [0.1, 0.15) is 22.6 Å². The number of carbonyl (C=O) groups excluding carboxylic acids is 1. The Morgan fingerprint density at radius 3 is 2.64 bits per heavy atom. The topological polar surface area (TPSA) is 60.2 Å². The van der Waals surface area contributed by atoms with Crippen molar-refractivity contribution in [3.8, 4) is 5.69 Å². The molecular weight excluding hydrogens is 280 g/mol. The Morgan fingerprint density at radius 2 is 1.91 bits per heavy atom. The first kappa shape index (κ1) is 14.9. The van der Waals surface area contributed by atoms with Gasteiger partial charge >= 0.3 is 0 Å². The van der Waals surface area contributed by atoms with E-state index in [2.05, 4.69) is 15.1 Å². The number of Topliss-reactive ketones (excluding diaryl/α,β-unsaturated/α-hetero) is 1. The molecule has 3 rings (SSSR count). The van der Waals surface area contributed by atoms with Crippen molar-refractivity contribution in [3.05, 3.63) is 41.7 Å². The zero-order chi connectivity index (χ0) is 15.4. The zero-order valence-electron chi connectivity index (χ0n) is 12.7. The summed E-state index contributed by atoms with van der Waals surface area (Å²) in [6.07, 6.45) is 0.467. The second-order valence-corrected chi connectivity index (χ2v) is 5.39. The average Bonchev–Trinajstić information content (AvgIpc) is 2.96. The van der Waals surface area contributed by atoms with Gasteiger partial charge in [-0.1, -0.05) is 18.2 Å². The number of ketones is 1. The van der Waals surface area contributed by atoms with Crippen LogP contribution in [0, 0.1) is 6.92 Å². The van der Waals surface area contributed by atoms with Crippen LogP contribution in [0.15, 0.2) is 30.3 Å². The van der Waals surface area contributed by atoms with Crippen molar-refractivity contribution in [2.45, 2.75) is 13.3 Å². The minimum Gasteiger partial charge on any atom is -0.379 e. The SMILES string of the molecule is Cc1nn(-c2ccccc2)nc1C(=O)CCN1CCOCC1. The van der Waals surface area contributed by atoms with Gasteiger partial charge in [-0.05, 0) is 19.1 Å². The molecule has 0 radical (unpaired) electrons. The number of benzene rings is 1. The summed E-state index contributed by atoms with van der Waals surface area (Å²) in [7, 11) is 0. The fraction of sp³-hybridized carbons (Fsp3) is 0.438. The van der Waals surface area contributed by atoms with Gasteiger partial charge < -0.3 is 4.74 Å². The third kappa shape index (κ3) is 3.40. The molecule has 2 heterocycles. The molecule has 0 aliphatic carbocycles. The molecule has 0 spiro atoms. The predicted molar refractivity (Wildman–Crippen MR) is 82.3 cm³/mol. The number of para-hydroxylation sites is 1. The molecule has 0 N–H and O–H groups in total. The molecule has 1 fully saturated rings. The number of aromatic nitrogens is 3. The van der Waals surface area contributed by atoms with Gasteiger partial charge in [-0.3, -0.25) is 9.69 Å². The highest BCUT2D eigenvalue weighted by molar-refractivity contribution is 5.95. The van der Waals surface area contributed by atoms with E-state index in [9.17, 15) is 4.79 Å². The Kier molecular flexibility index (Phi) is 4.60. The quantitative estimate of drug-likeness (QED) is 0.783. The van der Waals surface area contributed by atoms with Gasteiger partial charge in [-0.25, -0.2) is 0 Å². The number of ether oxygens (including phenoxy) is 1. The third-order valence-corrected chi connectivity index (χ3v) is 3.79. The second-order valence-electron chi connectivity index (χ2n) is 5.39. The van der Waals surface area contributed by atoms with Gasteiger partial charge in [0.05, 0.1) is 24.6 Å². The average molecular weight is 300 g/mol. The number of carbonyl (C=O) groups is 1. The van der Waals surface area contributed by atoms with Crippen molar-refractivity contribution in [2.24, 2.45) is 0 Å². The van der Waals surface area contributed by atoms with Crippen LogP contribution in [0.2, 0.25) is 0 Å². The number of rotatable bonds is 5. The highest BCUT2D eigenvalue weighted by Gasteiger charge is 2.18. The molecule has 0 amide bonds. The normalized spacial score (nSPS) is 15.9. The van der Waals surface area contributed by atoms with E-state index in [1.807, 2.05) is 37.3 Å². The van der Waals surface area contributed by atoms with Crippen LogP contribution in [0.4, 0.5) is 0 Å². The van der Waals surface area contributed by atoms with Gasteiger partial charge in [0.25, 0.3) is 0 Å². The zero-order valence-corrected chi connectivity index (χ0v) is 12.7. The number of morpholine rings is 1. The molecule has 22 heavy (non-hydrogen) atoms. The molecule has 1 aromatic heterocycles. The van der Waals surface area contributed by atoms with Gasteiger partial charge in [0, 0.05) is 26.1 Å². The summed E-state index contributed by atoms with van der Waals surface area (Å²) in [4.78, 5) is 16.2. The van der Waals surface area contributed by atoms with Gasteiger partial charge in [0.2, 0.25) is 0 Å². The lowest BCUT2D eigenvalue weighted by Crippen LogP contribution is -2.37. The van der Waals surface area contributed by atoms with E-state index in [-0.39, 0.29) is 5.78 Å². The molecule has 0 bridgehead atoms. The van der Waals surface area contributed by atoms with Gasteiger partial charge in [0.15, 0.2) is 11.5 Å². The van der Waals surface area contributed by atoms with Crippen LogP contribution in [0.25, 0.3) is 5.69 Å². The maximum Gasteiger partial charge on any atom is 0.186 e. The smallest absolute Gasteiger partial charge is 0.186 e. The van der Waals surface area contributed by atoms with E-state index >= 15 is 0 Å². The molecule has 116 valence electrons. The Balaban J connectivity index is 1.66. The van der Waals surface area contributed by atoms with E-state index in [1.54, 1.807) is 0 Å². The fourth-order valence-electron chi connectivity index (χ4n) is 2.52. The first-order valence-corrected chi connectivity index (χ1v) is 7.57. The number of hydrogen-bond donors (Lipinski definition) is 0. The summed E-state index contributed by atoms with van der Waals surface area (Å²) >= 11 is 0. The molecule has 6 nitrogen and oxygen atoms in total. The van der Waals surface area contributed by atoms with Gasteiger partial charge in [0.1, 0.15) is 0 Å². The molecule has 0 saturated carbocycles. The highest BCUT2D eigenvalue weighted by Crippen LogP contribution is 2.10. The van der Waals surface area contributed by atoms with Crippen LogP contribution in [0.5, 0.6) is 0 Å². The van der Waals surface area contributed by atoms with Gasteiger partial charge in [-0.2, -0.15) is 9.90 Å².